The monoisotopic (exact) mass is 222 g/mol. The van der Waals surface area contributed by atoms with Gasteiger partial charge >= 0.3 is 0 Å². The van der Waals surface area contributed by atoms with Gasteiger partial charge in [0.05, 0.1) is 6.61 Å². The third-order valence-corrected chi connectivity index (χ3v) is 2.22. The molecule has 0 aliphatic carbocycles. The fourth-order valence-electron chi connectivity index (χ4n) is 1.51. The van der Waals surface area contributed by atoms with Gasteiger partial charge in [-0.3, -0.25) is 4.79 Å². The van der Waals surface area contributed by atoms with E-state index in [0.717, 1.165) is 11.3 Å². The number of amides is 1. The standard InChI is InChI=1S/C12H18N2O2/c1-3-14-11(12(13)15)9-5-7-10(8-6-9)16-4-2/h5-8,11,14H,3-4H2,1-2H3,(H2,13,15). The van der Waals surface area contributed by atoms with Crippen LogP contribution in [0.3, 0.4) is 0 Å². The van der Waals surface area contributed by atoms with Crippen molar-refractivity contribution in [2.45, 2.75) is 19.9 Å². The van der Waals surface area contributed by atoms with Crippen LogP contribution in [0.5, 0.6) is 5.75 Å². The van der Waals surface area contributed by atoms with Gasteiger partial charge in [-0.15, -0.1) is 0 Å². The maximum atomic E-state index is 11.2. The summed E-state index contributed by atoms with van der Waals surface area (Å²) >= 11 is 0. The van der Waals surface area contributed by atoms with Gasteiger partial charge in [-0.2, -0.15) is 0 Å². The van der Waals surface area contributed by atoms with Crippen LogP contribution in [0.1, 0.15) is 25.5 Å². The number of hydrogen-bond acceptors (Lipinski definition) is 3. The number of primary amides is 1. The molecule has 1 atom stereocenters. The molecule has 0 radical (unpaired) electrons. The lowest BCUT2D eigenvalue weighted by molar-refractivity contribution is -0.120. The zero-order chi connectivity index (χ0) is 12.0. The molecule has 0 aromatic heterocycles. The first kappa shape index (κ1) is 12.5. The second-order valence-corrected chi connectivity index (χ2v) is 3.40. The minimum Gasteiger partial charge on any atom is -0.494 e. The molecule has 0 aliphatic heterocycles. The summed E-state index contributed by atoms with van der Waals surface area (Å²) in [7, 11) is 0. The van der Waals surface area contributed by atoms with Crippen LogP contribution in [0.15, 0.2) is 24.3 Å². The molecule has 4 heteroatoms. The van der Waals surface area contributed by atoms with Gasteiger partial charge in [0.25, 0.3) is 0 Å². The average molecular weight is 222 g/mol. The predicted octanol–water partition coefficient (Wildman–Crippen LogP) is 1.22. The van der Waals surface area contributed by atoms with Gasteiger partial charge < -0.3 is 15.8 Å². The molecular weight excluding hydrogens is 204 g/mol. The lowest BCUT2D eigenvalue weighted by atomic mass is 10.1. The topological polar surface area (TPSA) is 64.3 Å². The Kier molecular flexibility index (Phi) is 4.79. The minimum atomic E-state index is -0.430. The highest BCUT2D eigenvalue weighted by atomic mass is 16.5. The van der Waals surface area contributed by atoms with Crippen molar-refractivity contribution in [2.24, 2.45) is 5.73 Å². The molecular formula is C12H18N2O2. The molecule has 3 N–H and O–H groups in total. The van der Waals surface area contributed by atoms with E-state index < -0.39 is 6.04 Å². The number of carbonyl (C=O) groups is 1. The molecule has 0 heterocycles. The van der Waals surface area contributed by atoms with Crippen LogP contribution in [-0.2, 0) is 4.79 Å². The highest BCUT2D eigenvalue weighted by Crippen LogP contribution is 2.17. The molecule has 0 saturated carbocycles. The van der Waals surface area contributed by atoms with Gasteiger partial charge in [-0.1, -0.05) is 19.1 Å². The molecule has 0 saturated heterocycles. The highest BCUT2D eigenvalue weighted by molar-refractivity contribution is 5.81. The molecule has 16 heavy (non-hydrogen) atoms. The Bertz CT molecular complexity index is 335. The number of rotatable bonds is 6. The maximum Gasteiger partial charge on any atom is 0.239 e. The first-order valence-corrected chi connectivity index (χ1v) is 5.44. The fourth-order valence-corrected chi connectivity index (χ4v) is 1.51. The van der Waals surface area contributed by atoms with Crippen molar-refractivity contribution in [1.29, 1.82) is 0 Å². The second-order valence-electron chi connectivity index (χ2n) is 3.40. The largest absolute Gasteiger partial charge is 0.494 e. The Hall–Kier alpha value is -1.55. The maximum absolute atomic E-state index is 11.2. The molecule has 1 aromatic rings. The fraction of sp³-hybridized carbons (Fsp3) is 0.417. The summed E-state index contributed by atoms with van der Waals surface area (Å²) in [6, 6.07) is 6.95. The summed E-state index contributed by atoms with van der Waals surface area (Å²) in [5.74, 6) is 0.428. The molecule has 1 amide bonds. The highest BCUT2D eigenvalue weighted by Gasteiger charge is 2.15. The van der Waals surface area contributed by atoms with Crippen LogP contribution < -0.4 is 15.8 Å². The third kappa shape index (κ3) is 3.24. The molecule has 0 spiro atoms. The summed E-state index contributed by atoms with van der Waals surface area (Å²) in [5, 5.41) is 3.03. The number of nitrogens with one attached hydrogen (secondary N) is 1. The Morgan fingerprint density at radius 2 is 2.00 bits per heavy atom. The first-order valence-electron chi connectivity index (χ1n) is 5.44. The second kappa shape index (κ2) is 6.12. The van der Waals surface area contributed by atoms with E-state index in [4.69, 9.17) is 10.5 Å². The summed E-state index contributed by atoms with van der Waals surface area (Å²) in [4.78, 5) is 11.2. The van der Waals surface area contributed by atoms with Gasteiger partial charge in [0, 0.05) is 0 Å². The van der Waals surface area contributed by atoms with E-state index in [2.05, 4.69) is 5.32 Å². The van der Waals surface area contributed by atoms with Gasteiger partial charge in [0.2, 0.25) is 5.91 Å². The smallest absolute Gasteiger partial charge is 0.239 e. The Morgan fingerprint density at radius 3 is 2.44 bits per heavy atom. The van der Waals surface area contributed by atoms with E-state index in [1.54, 1.807) is 0 Å². The van der Waals surface area contributed by atoms with E-state index in [1.165, 1.54) is 0 Å². The van der Waals surface area contributed by atoms with Crippen molar-refractivity contribution >= 4 is 5.91 Å². The van der Waals surface area contributed by atoms with Gasteiger partial charge in [-0.25, -0.2) is 0 Å². The number of benzene rings is 1. The van der Waals surface area contributed by atoms with Crippen LogP contribution in [0.4, 0.5) is 0 Å². The summed E-state index contributed by atoms with van der Waals surface area (Å²) in [5.41, 5.74) is 6.18. The van der Waals surface area contributed by atoms with Crippen LogP contribution in [0.2, 0.25) is 0 Å². The Balaban J connectivity index is 2.81. The summed E-state index contributed by atoms with van der Waals surface area (Å²) < 4.78 is 5.32. The average Bonchev–Trinajstić information content (AvgIpc) is 2.27. The summed E-state index contributed by atoms with van der Waals surface area (Å²) in [6.45, 7) is 5.19. The Labute approximate surface area is 95.8 Å². The van der Waals surface area contributed by atoms with Gasteiger partial charge in [0.1, 0.15) is 11.8 Å². The molecule has 0 aliphatic rings. The minimum absolute atomic E-state index is 0.369. The van der Waals surface area contributed by atoms with Crippen LogP contribution in [0, 0.1) is 0 Å². The molecule has 1 rings (SSSR count). The first-order chi connectivity index (χ1) is 7.69. The zero-order valence-corrected chi connectivity index (χ0v) is 9.69. The van der Waals surface area contributed by atoms with E-state index >= 15 is 0 Å². The number of carbonyl (C=O) groups excluding carboxylic acids is 1. The Morgan fingerprint density at radius 1 is 1.38 bits per heavy atom. The van der Waals surface area contributed by atoms with Crippen molar-refractivity contribution < 1.29 is 9.53 Å². The summed E-state index contributed by atoms with van der Waals surface area (Å²) in [6.07, 6.45) is 0. The lowest BCUT2D eigenvalue weighted by Gasteiger charge is -2.14. The lowest BCUT2D eigenvalue weighted by Crippen LogP contribution is -2.33. The number of ether oxygens (including phenoxy) is 1. The quantitative estimate of drug-likeness (QED) is 0.760. The van der Waals surface area contributed by atoms with Crippen molar-refractivity contribution in [3.05, 3.63) is 29.8 Å². The molecule has 1 aromatic carbocycles. The number of nitrogens with two attached hydrogens (primary N) is 1. The van der Waals surface area contributed by atoms with Crippen molar-refractivity contribution in [3.8, 4) is 5.75 Å². The van der Waals surface area contributed by atoms with Gasteiger partial charge in [0.15, 0.2) is 0 Å². The SMILES string of the molecule is CCNC(C(N)=O)c1ccc(OCC)cc1. The molecule has 1 unspecified atom stereocenters. The van der Waals surface area contributed by atoms with E-state index in [9.17, 15) is 4.79 Å². The van der Waals surface area contributed by atoms with E-state index in [0.29, 0.717) is 13.2 Å². The normalized spacial score (nSPS) is 12.1. The number of likely N-dealkylation sites (N-methyl/N-ethyl adjacent to an activating group) is 1. The molecule has 4 nitrogen and oxygen atoms in total. The molecule has 88 valence electrons. The number of hydrogen-bond donors (Lipinski definition) is 2. The van der Waals surface area contributed by atoms with Crippen molar-refractivity contribution in [2.75, 3.05) is 13.2 Å². The van der Waals surface area contributed by atoms with Crippen LogP contribution in [-0.4, -0.2) is 19.1 Å². The molecule has 0 fully saturated rings. The third-order valence-electron chi connectivity index (χ3n) is 2.22. The van der Waals surface area contributed by atoms with E-state index in [-0.39, 0.29) is 5.91 Å². The predicted molar refractivity (Wildman–Crippen MR) is 63.2 cm³/mol. The van der Waals surface area contributed by atoms with E-state index in [1.807, 2.05) is 38.1 Å². The van der Waals surface area contributed by atoms with Gasteiger partial charge in [-0.05, 0) is 31.2 Å². The van der Waals surface area contributed by atoms with Crippen LogP contribution >= 0.6 is 0 Å². The van der Waals surface area contributed by atoms with Crippen LogP contribution in [0.25, 0.3) is 0 Å². The zero-order valence-electron chi connectivity index (χ0n) is 9.69. The van der Waals surface area contributed by atoms with Crippen molar-refractivity contribution in [1.82, 2.24) is 5.32 Å². The molecule has 0 bridgehead atoms. The van der Waals surface area contributed by atoms with Crippen molar-refractivity contribution in [3.63, 3.8) is 0 Å².